The van der Waals surface area contributed by atoms with Gasteiger partial charge in [0.15, 0.2) is 17.8 Å². The van der Waals surface area contributed by atoms with Crippen LogP contribution in [0.4, 0.5) is 10.7 Å². The summed E-state index contributed by atoms with van der Waals surface area (Å²) in [7, 11) is 0. The van der Waals surface area contributed by atoms with E-state index >= 15 is 0 Å². The molecular formula is C17H15N7O2. The van der Waals surface area contributed by atoms with Crippen LogP contribution in [0.15, 0.2) is 53.7 Å². The van der Waals surface area contributed by atoms with E-state index < -0.39 is 0 Å². The van der Waals surface area contributed by atoms with Gasteiger partial charge in [-0.3, -0.25) is 10.3 Å². The first-order chi connectivity index (χ1) is 12.7. The number of rotatable bonds is 4. The molecule has 0 aromatic carbocycles. The van der Waals surface area contributed by atoms with E-state index in [1.165, 1.54) is 6.39 Å². The number of hydrogen-bond acceptors (Lipinski definition) is 6. The molecule has 0 saturated carbocycles. The van der Waals surface area contributed by atoms with Crippen molar-refractivity contribution in [3.05, 3.63) is 49.2 Å². The van der Waals surface area contributed by atoms with E-state index in [0.717, 1.165) is 11.1 Å². The molecule has 4 aromatic rings. The maximum absolute atomic E-state index is 11.7. The minimum atomic E-state index is -0.364. The zero-order valence-electron chi connectivity index (χ0n) is 13.9. The second-order valence-corrected chi connectivity index (χ2v) is 5.43. The van der Waals surface area contributed by atoms with Gasteiger partial charge in [-0.2, -0.15) is 4.98 Å². The van der Waals surface area contributed by atoms with Crippen LogP contribution < -0.4 is 10.6 Å². The van der Waals surface area contributed by atoms with Crippen molar-refractivity contribution in [3.63, 3.8) is 0 Å². The fourth-order valence-corrected chi connectivity index (χ4v) is 2.56. The van der Waals surface area contributed by atoms with Crippen molar-refractivity contribution in [1.29, 1.82) is 0 Å². The van der Waals surface area contributed by atoms with Gasteiger partial charge >= 0.3 is 6.03 Å². The van der Waals surface area contributed by atoms with E-state index in [0.29, 0.717) is 23.6 Å². The van der Waals surface area contributed by atoms with Gasteiger partial charge in [0, 0.05) is 24.5 Å². The average Bonchev–Trinajstić information content (AvgIpc) is 3.31. The van der Waals surface area contributed by atoms with Crippen molar-refractivity contribution in [1.82, 2.24) is 29.9 Å². The molecule has 0 aliphatic carbocycles. The van der Waals surface area contributed by atoms with E-state index in [9.17, 15) is 4.79 Å². The minimum Gasteiger partial charge on any atom is -0.442 e. The van der Waals surface area contributed by atoms with Gasteiger partial charge in [-0.25, -0.2) is 14.3 Å². The number of pyridine rings is 2. The van der Waals surface area contributed by atoms with Crippen LogP contribution >= 0.6 is 0 Å². The smallest absolute Gasteiger partial charge is 0.321 e. The number of oxazole rings is 1. The molecule has 0 atom stereocenters. The van der Waals surface area contributed by atoms with Crippen LogP contribution in [0.2, 0.25) is 0 Å². The highest BCUT2D eigenvalue weighted by atomic mass is 16.3. The van der Waals surface area contributed by atoms with Gasteiger partial charge < -0.3 is 9.73 Å². The summed E-state index contributed by atoms with van der Waals surface area (Å²) in [5.41, 5.74) is 3.05. The van der Waals surface area contributed by atoms with Crippen LogP contribution in [-0.2, 0) is 0 Å². The Balaban J connectivity index is 1.85. The zero-order valence-corrected chi connectivity index (χ0v) is 13.9. The summed E-state index contributed by atoms with van der Waals surface area (Å²) in [6, 6.07) is 7.23. The number of carbonyl (C=O) groups excluding carboxylic acids is 1. The molecule has 4 aromatic heterocycles. The van der Waals surface area contributed by atoms with E-state index in [2.05, 4.69) is 30.7 Å². The Morgan fingerprint density at radius 2 is 2.15 bits per heavy atom. The Labute approximate surface area is 148 Å². The monoisotopic (exact) mass is 349 g/mol. The van der Waals surface area contributed by atoms with Gasteiger partial charge in [0.25, 0.3) is 5.95 Å². The lowest BCUT2D eigenvalue weighted by atomic mass is 10.1. The second kappa shape index (κ2) is 6.63. The molecule has 2 amide bonds. The predicted molar refractivity (Wildman–Crippen MR) is 94.4 cm³/mol. The lowest BCUT2D eigenvalue weighted by molar-refractivity contribution is 0.252. The normalized spacial score (nSPS) is 10.8. The van der Waals surface area contributed by atoms with E-state index in [1.54, 1.807) is 23.1 Å². The summed E-state index contributed by atoms with van der Waals surface area (Å²) in [5.74, 6) is 0.732. The lowest BCUT2D eigenvalue weighted by Gasteiger charge is -2.05. The molecule has 2 N–H and O–H groups in total. The Morgan fingerprint density at radius 3 is 2.88 bits per heavy atom. The number of hydrogen-bond donors (Lipinski definition) is 2. The van der Waals surface area contributed by atoms with Gasteiger partial charge in [0.05, 0.1) is 6.20 Å². The molecule has 0 spiro atoms. The molecule has 0 aliphatic heterocycles. The van der Waals surface area contributed by atoms with Crippen molar-refractivity contribution in [2.75, 3.05) is 11.9 Å². The molecule has 0 aliphatic rings. The fourth-order valence-electron chi connectivity index (χ4n) is 2.56. The van der Waals surface area contributed by atoms with Gasteiger partial charge in [0.2, 0.25) is 0 Å². The highest BCUT2D eigenvalue weighted by molar-refractivity contribution is 5.87. The third-order valence-corrected chi connectivity index (χ3v) is 3.68. The molecule has 0 fully saturated rings. The number of nitrogens with zero attached hydrogens (tertiary/aromatic N) is 5. The van der Waals surface area contributed by atoms with Gasteiger partial charge in [-0.1, -0.05) is 6.07 Å². The van der Waals surface area contributed by atoms with E-state index in [1.807, 2.05) is 31.2 Å². The van der Waals surface area contributed by atoms with Gasteiger partial charge in [-0.05, 0) is 30.7 Å². The van der Waals surface area contributed by atoms with Crippen LogP contribution in [0.1, 0.15) is 6.92 Å². The standard InChI is InChI=1S/C17H15N7O2/c1-2-20-17(25)22-16-21-15-7-12(11-4-3-5-18-8-11)6-13(24(15)23-16)14-9-19-10-26-14/h3-10H,2H2,1H3,(H2,20,22,23,25). The van der Waals surface area contributed by atoms with Crippen LogP contribution in [0.5, 0.6) is 0 Å². The predicted octanol–water partition coefficient (Wildman–Crippen LogP) is 2.59. The van der Waals surface area contributed by atoms with Crippen molar-refractivity contribution < 1.29 is 9.21 Å². The Morgan fingerprint density at radius 1 is 1.23 bits per heavy atom. The van der Waals surface area contributed by atoms with Crippen molar-refractivity contribution in [2.45, 2.75) is 6.92 Å². The minimum absolute atomic E-state index is 0.194. The topological polar surface area (TPSA) is 110 Å². The molecule has 130 valence electrons. The SMILES string of the molecule is CCNC(=O)Nc1nc2cc(-c3cccnc3)cc(-c3cnco3)n2n1. The van der Waals surface area contributed by atoms with Crippen molar-refractivity contribution >= 4 is 17.6 Å². The largest absolute Gasteiger partial charge is 0.442 e. The third-order valence-electron chi connectivity index (χ3n) is 3.68. The number of aromatic nitrogens is 5. The Kier molecular flexibility index (Phi) is 4.02. The molecule has 4 heterocycles. The number of urea groups is 1. The van der Waals surface area contributed by atoms with Crippen molar-refractivity contribution in [3.8, 4) is 22.6 Å². The third kappa shape index (κ3) is 2.97. The van der Waals surface area contributed by atoms with Gasteiger partial charge in [0.1, 0.15) is 5.69 Å². The van der Waals surface area contributed by atoms with Crippen LogP contribution in [0.3, 0.4) is 0 Å². The molecule has 9 nitrogen and oxygen atoms in total. The quantitative estimate of drug-likeness (QED) is 0.586. The number of anilines is 1. The summed E-state index contributed by atoms with van der Waals surface area (Å²) >= 11 is 0. The van der Waals surface area contributed by atoms with Crippen molar-refractivity contribution in [2.24, 2.45) is 0 Å². The van der Waals surface area contributed by atoms with Crippen LogP contribution in [0.25, 0.3) is 28.2 Å². The number of amides is 2. The summed E-state index contributed by atoms with van der Waals surface area (Å²) in [6.45, 7) is 2.34. The first-order valence-electron chi connectivity index (χ1n) is 7.99. The number of carbonyl (C=O) groups is 1. The molecule has 4 rings (SSSR count). The van der Waals surface area contributed by atoms with E-state index in [-0.39, 0.29) is 12.0 Å². The summed E-state index contributed by atoms with van der Waals surface area (Å²) in [6.07, 6.45) is 6.42. The fraction of sp³-hybridized carbons (Fsp3) is 0.118. The Hall–Kier alpha value is -3.75. The summed E-state index contributed by atoms with van der Waals surface area (Å²) in [5, 5.41) is 9.61. The molecule has 0 saturated heterocycles. The van der Waals surface area contributed by atoms with Crippen LogP contribution in [0, 0.1) is 0 Å². The maximum atomic E-state index is 11.7. The van der Waals surface area contributed by atoms with Gasteiger partial charge in [-0.15, -0.1) is 5.10 Å². The molecule has 0 radical (unpaired) electrons. The average molecular weight is 349 g/mol. The maximum Gasteiger partial charge on any atom is 0.321 e. The molecule has 0 bridgehead atoms. The van der Waals surface area contributed by atoms with E-state index in [4.69, 9.17) is 4.42 Å². The first-order valence-corrected chi connectivity index (χ1v) is 7.99. The summed E-state index contributed by atoms with van der Waals surface area (Å²) < 4.78 is 7.03. The molecule has 0 unspecified atom stereocenters. The highest BCUT2D eigenvalue weighted by Gasteiger charge is 2.15. The second-order valence-electron chi connectivity index (χ2n) is 5.43. The zero-order chi connectivity index (χ0) is 17.9. The van der Waals surface area contributed by atoms with Crippen LogP contribution in [-0.4, -0.2) is 37.1 Å². The summed E-state index contributed by atoms with van der Waals surface area (Å²) in [4.78, 5) is 24.3. The highest BCUT2D eigenvalue weighted by Crippen LogP contribution is 2.28. The number of nitrogens with one attached hydrogen (secondary N) is 2. The first kappa shape index (κ1) is 15.8. The molecular weight excluding hydrogens is 334 g/mol. The number of fused-ring (bicyclic) bond motifs is 1. The Bertz CT molecular complexity index is 1040. The lowest BCUT2D eigenvalue weighted by Crippen LogP contribution is -2.28. The molecule has 26 heavy (non-hydrogen) atoms. The molecule has 9 heteroatoms.